The molecule has 0 aromatic heterocycles. The van der Waals surface area contributed by atoms with E-state index in [9.17, 15) is 4.79 Å². The monoisotopic (exact) mass is 316 g/mol. The molecule has 112 valence electrons. The summed E-state index contributed by atoms with van der Waals surface area (Å²) in [4.78, 5) is 12.5. The Bertz CT molecular complexity index is 473. The molecule has 2 rings (SSSR count). The Labute approximate surface area is 131 Å². The second kappa shape index (κ2) is 6.79. The molecule has 1 atom stereocenters. The highest BCUT2D eigenvalue weighted by Crippen LogP contribution is 2.34. The molecule has 20 heavy (non-hydrogen) atoms. The van der Waals surface area contributed by atoms with Crippen molar-refractivity contribution in [3.8, 4) is 0 Å². The first-order valence-corrected chi connectivity index (χ1v) is 7.10. The van der Waals surface area contributed by atoms with Gasteiger partial charge in [0.2, 0.25) is 5.91 Å². The maximum absolute atomic E-state index is 12.5. The summed E-state index contributed by atoms with van der Waals surface area (Å²) in [7, 11) is 0. The molecule has 1 saturated carbocycles. The number of hydrogen-bond donors (Lipinski definition) is 2. The lowest BCUT2D eigenvalue weighted by molar-refractivity contribution is -0.126. The van der Waals surface area contributed by atoms with Crippen molar-refractivity contribution in [3.63, 3.8) is 0 Å². The van der Waals surface area contributed by atoms with Gasteiger partial charge in [-0.15, -0.1) is 12.4 Å². The van der Waals surface area contributed by atoms with E-state index >= 15 is 0 Å². The van der Waals surface area contributed by atoms with E-state index in [4.69, 9.17) is 17.3 Å². The third kappa shape index (κ3) is 3.66. The number of halogens is 2. The zero-order valence-electron chi connectivity index (χ0n) is 11.9. The average Bonchev–Trinajstić information content (AvgIpc) is 3.20. The van der Waals surface area contributed by atoms with E-state index in [0.717, 1.165) is 18.4 Å². The number of carbonyl (C=O) groups is 1. The summed E-state index contributed by atoms with van der Waals surface area (Å²) in [6, 6.07) is 7.57. The smallest absolute Gasteiger partial charge is 0.230 e. The summed E-state index contributed by atoms with van der Waals surface area (Å²) < 4.78 is 0. The number of nitrogens with one attached hydrogen (secondary N) is 1. The van der Waals surface area contributed by atoms with Crippen LogP contribution in [-0.4, -0.2) is 18.5 Å². The van der Waals surface area contributed by atoms with Gasteiger partial charge < -0.3 is 11.1 Å². The van der Waals surface area contributed by atoms with Crippen molar-refractivity contribution >= 4 is 29.9 Å². The van der Waals surface area contributed by atoms with Crippen LogP contribution in [0.4, 0.5) is 0 Å². The molecule has 3 N–H and O–H groups in total. The van der Waals surface area contributed by atoms with Crippen LogP contribution in [-0.2, 0) is 10.2 Å². The van der Waals surface area contributed by atoms with Gasteiger partial charge in [-0.05, 0) is 44.2 Å². The molecule has 0 saturated heterocycles. The molecule has 1 aromatic rings. The van der Waals surface area contributed by atoms with Gasteiger partial charge in [0.1, 0.15) is 0 Å². The van der Waals surface area contributed by atoms with E-state index in [2.05, 4.69) is 5.32 Å². The van der Waals surface area contributed by atoms with Crippen LogP contribution in [0.15, 0.2) is 24.3 Å². The number of hydrogen-bond acceptors (Lipinski definition) is 2. The molecule has 1 unspecified atom stereocenters. The van der Waals surface area contributed by atoms with E-state index in [-0.39, 0.29) is 24.4 Å². The maximum Gasteiger partial charge on any atom is 0.230 e. The summed E-state index contributed by atoms with van der Waals surface area (Å²) in [5.41, 5.74) is 5.93. The van der Waals surface area contributed by atoms with Gasteiger partial charge in [-0.25, -0.2) is 0 Å². The van der Waals surface area contributed by atoms with Crippen molar-refractivity contribution in [2.75, 3.05) is 6.54 Å². The zero-order chi connectivity index (χ0) is 14.0. The van der Waals surface area contributed by atoms with Crippen molar-refractivity contribution in [3.05, 3.63) is 34.9 Å². The third-order valence-corrected chi connectivity index (χ3v) is 4.21. The first kappa shape index (κ1) is 17.3. The topological polar surface area (TPSA) is 55.1 Å². The lowest BCUT2D eigenvalue weighted by Crippen LogP contribution is -2.49. The molecule has 1 amide bonds. The van der Waals surface area contributed by atoms with Crippen molar-refractivity contribution in [1.82, 2.24) is 5.32 Å². The quantitative estimate of drug-likeness (QED) is 0.877. The van der Waals surface area contributed by atoms with Crippen LogP contribution in [0.5, 0.6) is 0 Å². The first-order valence-electron chi connectivity index (χ1n) is 6.73. The van der Waals surface area contributed by atoms with Crippen LogP contribution in [0.2, 0.25) is 5.02 Å². The molecule has 1 aliphatic rings. The van der Waals surface area contributed by atoms with Gasteiger partial charge >= 0.3 is 0 Å². The molecule has 1 aromatic carbocycles. The Morgan fingerprint density at radius 3 is 2.55 bits per heavy atom. The van der Waals surface area contributed by atoms with E-state index in [1.165, 1.54) is 0 Å². The van der Waals surface area contributed by atoms with Crippen molar-refractivity contribution < 1.29 is 4.79 Å². The minimum absolute atomic E-state index is 0. The predicted octanol–water partition coefficient (Wildman–Crippen LogP) is 2.89. The molecule has 0 heterocycles. The first-order chi connectivity index (χ1) is 8.96. The fourth-order valence-corrected chi connectivity index (χ4v) is 2.68. The van der Waals surface area contributed by atoms with Crippen LogP contribution >= 0.6 is 24.0 Å². The van der Waals surface area contributed by atoms with Crippen molar-refractivity contribution in [2.24, 2.45) is 11.7 Å². The van der Waals surface area contributed by atoms with Gasteiger partial charge in [-0.1, -0.05) is 29.8 Å². The molecule has 1 fully saturated rings. The second-order valence-electron chi connectivity index (χ2n) is 5.76. The molecule has 3 nitrogen and oxygen atoms in total. The fraction of sp³-hybridized carbons (Fsp3) is 0.533. The van der Waals surface area contributed by atoms with Crippen molar-refractivity contribution in [2.45, 2.75) is 38.1 Å². The molecule has 0 radical (unpaired) electrons. The summed E-state index contributed by atoms with van der Waals surface area (Å²) >= 11 is 6.19. The fourth-order valence-electron chi connectivity index (χ4n) is 2.31. The third-order valence-electron chi connectivity index (χ3n) is 3.88. The highest BCUT2D eigenvalue weighted by Gasteiger charge is 2.36. The Balaban J connectivity index is 0.00000200. The minimum Gasteiger partial charge on any atom is -0.351 e. The molecule has 1 aliphatic carbocycles. The molecule has 0 spiro atoms. The van der Waals surface area contributed by atoms with Gasteiger partial charge in [0.05, 0.1) is 5.41 Å². The predicted molar refractivity (Wildman–Crippen MR) is 85.4 cm³/mol. The molecular weight excluding hydrogens is 295 g/mol. The lowest BCUT2D eigenvalue weighted by atomic mass is 9.83. The Hall–Kier alpha value is -0.770. The normalized spacial score (nSPS) is 16.2. The van der Waals surface area contributed by atoms with E-state index in [0.29, 0.717) is 17.5 Å². The second-order valence-corrected chi connectivity index (χ2v) is 6.17. The van der Waals surface area contributed by atoms with Crippen LogP contribution in [0.25, 0.3) is 0 Å². The Morgan fingerprint density at radius 2 is 2.05 bits per heavy atom. The van der Waals surface area contributed by atoms with Crippen molar-refractivity contribution in [1.29, 1.82) is 0 Å². The molecular formula is C15H22Cl2N2O. The minimum atomic E-state index is -0.652. The summed E-state index contributed by atoms with van der Waals surface area (Å²) in [6.07, 6.45) is 2.32. The van der Waals surface area contributed by atoms with Crippen LogP contribution in [0.1, 0.15) is 32.3 Å². The van der Waals surface area contributed by atoms with E-state index < -0.39 is 5.41 Å². The lowest BCUT2D eigenvalue weighted by Gasteiger charge is -2.28. The molecule has 0 aliphatic heterocycles. The summed E-state index contributed by atoms with van der Waals surface area (Å²) in [6.45, 7) is 4.28. The maximum atomic E-state index is 12.5. The van der Waals surface area contributed by atoms with Gasteiger partial charge in [-0.3, -0.25) is 4.79 Å². The zero-order valence-corrected chi connectivity index (χ0v) is 13.4. The number of benzene rings is 1. The van der Waals surface area contributed by atoms with Crippen LogP contribution in [0, 0.1) is 5.92 Å². The average molecular weight is 317 g/mol. The largest absolute Gasteiger partial charge is 0.351 e. The SMILES string of the molecule is CC(C)(C(=O)NC(CN)C1CC1)c1ccccc1Cl.Cl. The number of nitrogens with two attached hydrogens (primary N) is 1. The Kier molecular flexibility index (Phi) is 5.87. The molecule has 5 heteroatoms. The van der Waals surface area contributed by atoms with E-state index in [1.54, 1.807) is 0 Å². The molecule has 0 bridgehead atoms. The van der Waals surface area contributed by atoms with Crippen LogP contribution in [0.3, 0.4) is 0 Å². The summed E-state index contributed by atoms with van der Waals surface area (Å²) in [5, 5.41) is 3.70. The number of carbonyl (C=O) groups excluding carboxylic acids is 1. The van der Waals surface area contributed by atoms with Gasteiger partial charge in [0, 0.05) is 17.6 Å². The van der Waals surface area contributed by atoms with Gasteiger partial charge in [0.25, 0.3) is 0 Å². The highest BCUT2D eigenvalue weighted by atomic mass is 35.5. The van der Waals surface area contributed by atoms with E-state index in [1.807, 2.05) is 38.1 Å². The van der Waals surface area contributed by atoms with Gasteiger partial charge in [0.15, 0.2) is 0 Å². The summed E-state index contributed by atoms with van der Waals surface area (Å²) in [5.74, 6) is 0.541. The van der Waals surface area contributed by atoms with Gasteiger partial charge in [-0.2, -0.15) is 0 Å². The standard InChI is InChI=1S/C15H21ClN2O.ClH/c1-15(2,11-5-3-4-6-12(11)16)14(19)18-13(9-17)10-7-8-10;/h3-6,10,13H,7-9,17H2,1-2H3,(H,18,19);1H. The highest BCUT2D eigenvalue weighted by molar-refractivity contribution is 6.31. The number of amides is 1. The van der Waals surface area contributed by atoms with Crippen LogP contribution < -0.4 is 11.1 Å². The Morgan fingerprint density at radius 1 is 1.45 bits per heavy atom. The number of rotatable bonds is 5.